The minimum absolute atomic E-state index is 0.263. The standard InChI is InChI=1S/C12H25N3/c1-11(2,3)12(4,5)9-14-10-13-7-8-15(10)6/h7-9H2,1-6H3,(H,13,14). The summed E-state index contributed by atoms with van der Waals surface area (Å²) in [7, 11) is 2.09. The van der Waals surface area contributed by atoms with E-state index in [-0.39, 0.29) is 5.41 Å². The van der Waals surface area contributed by atoms with Gasteiger partial charge in [0, 0.05) is 20.1 Å². The summed E-state index contributed by atoms with van der Waals surface area (Å²) >= 11 is 0. The number of hydrogen-bond donors (Lipinski definition) is 1. The van der Waals surface area contributed by atoms with Crippen molar-refractivity contribution in [1.82, 2.24) is 10.2 Å². The van der Waals surface area contributed by atoms with Gasteiger partial charge in [-0.2, -0.15) is 0 Å². The fourth-order valence-electron chi connectivity index (χ4n) is 1.29. The average molecular weight is 211 g/mol. The first-order chi connectivity index (χ1) is 6.74. The van der Waals surface area contributed by atoms with E-state index in [0.717, 1.165) is 25.6 Å². The second-order valence-electron chi connectivity index (χ2n) is 6.11. The summed E-state index contributed by atoms with van der Waals surface area (Å²) in [5.41, 5.74) is 0.566. The van der Waals surface area contributed by atoms with Crippen molar-refractivity contribution in [2.75, 3.05) is 26.7 Å². The minimum Gasteiger partial charge on any atom is -0.356 e. The molecule has 0 aromatic rings. The van der Waals surface area contributed by atoms with Crippen LogP contribution in [0.4, 0.5) is 0 Å². The zero-order valence-corrected chi connectivity index (χ0v) is 11.0. The van der Waals surface area contributed by atoms with Crippen molar-refractivity contribution in [3.05, 3.63) is 0 Å². The number of aliphatic imine (C=N–C) groups is 1. The molecule has 0 fully saturated rings. The van der Waals surface area contributed by atoms with Gasteiger partial charge in [-0.1, -0.05) is 34.6 Å². The summed E-state index contributed by atoms with van der Waals surface area (Å²) in [5.74, 6) is 1.05. The van der Waals surface area contributed by atoms with Gasteiger partial charge in [-0.05, 0) is 10.8 Å². The molecule has 0 aromatic carbocycles. The molecule has 0 aromatic heterocycles. The van der Waals surface area contributed by atoms with Crippen LogP contribution in [0.3, 0.4) is 0 Å². The van der Waals surface area contributed by atoms with Gasteiger partial charge >= 0.3 is 0 Å². The third kappa shape index (κ3) is 2.86. The molecule has 1 heterocycles. The Kier molecular flexibility index (Phi) is 3.31. The van der Waals surface area contributed by atoms with Gasteiger partial charge in [0.2, 0.25) is 0 Å². The van der Waals surface area contributed by atoms with Crippen molar-refractivity contribution >= 4 is 5.96 Å². The Morgan fingerprint density at radius 1 is 1.27 bits per heavy atom. The Morgan fingerprint density at radius 3 is 2.27 bits per heavy atom. The maximum atomic E-state index is 4.43. The largest absolute Gasteiger partial charge is 0.356 e. The van der Waals surface area contributed by atoms with Gasteiger partial charge in [0.25, 0.3) is 0 Å². The van der Waals surface area contributed by atoms with Crippen LogP contribution < -0.4 is 5.32 Å². The van der Waals surface area contributed by atoms with Gasteiger partial charge in [0.1, 0.15) is 0 Å². The fraction of sp³-hybridized carbons (Fsp3) is 0.917. The molecule has 1 aliphatic heterocycles. The monoisotopic (exact) mass is 211 g/mol. The van der Waals surface area contributed by atoms with Crippen LogP contribution in [0, 0.1) is 10.8 Å². The number of nitrogens with one attached hydrogen (secondary N) is 1. The second kappa shape index (κ2) is 4.03. The van der Waals surface area contributed by atoms with Crippen LogP contribution in [0.25, 0.3) is 0 Å². The third-order valence-corrected chi connectivity index (χ3v) is 3.78. The van der Waals surface area contributed by atoms with Crippen LogP contribution in [0.1, 0.15) is 34.6 Å². The van der Waals surface area contributed by atoms with E-state index in [4.69, 9.17) is 0 Å². The molecule has 0 unspecified atom stereocenters. The van der Waals surface area contributed by atoms with E-state index in [1.807, 2.05) is 0 Å². The van der Waals surface area contributed by atoms with E-state index >= 15 is 0 Å². The molecule has 0 spiro atoms. The molecule has 3 heteroatoms. The molecule has 0 aliphatic carbocycles. The van der Waals surface area contributed by atoms with Crippen molar-refractivity contribution in [2.45, 2.75) is 34.6 Å². The smallest absolute Gasteiger partial charge is 0.193 e. The van der Waals surface area contributed by atoms with E-state index in [9.17, 15) is 0 Å². The summed E-state index contributed by atoms with van der Waals surface area (Å²) in [6.07, 6.45) is 0. The third-order valence-electron chi connectivity index (χ3n) is 3.78. The quantitative estimate of drug-likeness (QED) is 0.756. The van der Waals surface area contributed by atoms with Crippen LogP contribution in [-0.4, -0.2) is 37.5 Å². The predicted octanol–water partition coefficient (Wildman–Crippen LogP) is 1.95. The van der Waals surface area contributed by atoms with E-state index < -0.39 is 0 Å². The van der Waals surface area contributed by atoms with Gasteiger partial charge in [0.05, 0.1) is 6.54 Å². The Bertz CT molecular complexity index is 248. The molecular formula is C12H25N3. The zero-order chi connectivity index (χ0) is 11.7. The number of likely N-dealkylation sites (N-methyl/N-ethyl adjacent to an activating group) is 1. The molecule has 15 heavy (non-hydrogen) atoms. The lowest BCUT2D eigenvalue weighted by molar-refractivity contribution is 0.135. The average Bonchev–Trinajstić information content (AvgIpc) is 2.46. The lowest BCUT2D eigenvalue weighted by Gasteiger charge is -2.39. The van der Waals surface area contributed by atoms with E-state index in [0.29, 0.717) is 5.41 Å². The molecule has 0 saturated carbocycles. The van der Waals surface area contributed by atoms with Gasteiger partial charge in [-0.25, -0.2) is 0 Å². The van der Waals surface area contributed by atoms with Gasteiger partial charge < -0.3 is 10.2 Å². The molecular weight excluding hydrogens is 186 g/mol. The van der Waals surface area contributed by atoms with Gasteiger partial charge in [-0.15, -0.1) is 0 Å². The first-order valence-corrected chi connectivity index (χ1v) is 5.73. The van der Waals surface area contributed by atoms with Crippen molar-refractivity contribution in [3.63, 3.8) is 0 Å². The van der Waals surface area contributed by atoms with Crippen molar-refractivity contribution in [1.29, 1.82) is 0 Å². The molecule has 88 valence electrons. The topological polar surface area (TPSA) is 27.6 Å². The highest BCUT2D eigenvalue weighted by molar-refractivity contribution is 5.81. The van der Waals surface area contributed by atoms with E-state index in [1.165, 1.54) is 0 Å². The summed E-state index contributed by atoms with van der Waals surface area (Å²) in [6, 6.07) is 0. The lowest BCUT2D eigenvalue weighted by atomic mass is 9.69. The molecule has 0 amide bonds. The zero-order valence-electron chi connectivity index (χ0n) is 11.0. The highest BCUT2D eigenvalue weighted by atomic mass is 15.3. The molecule has 1 rings (SSSR count). The first kappa shape index (κ1) is 12.3. The Labute approximate surface area is 94.0 Å². The molecule has 1 N–H and O–H groups in total. The Balaban J connectivity index is 2.50. The first-order valence-electron chi connectivity index (χ1n) is 5.73. The van der Waals surface area contributed by atoms with Gasteiger partial charge in [-0.3, -0.25) is 4.99 Å². The minimum atomic E-state index is 0.263. The Morgan fingerprint density at radius 2 is 1.87 bits per heavy atom. The lowest BCUT2D eigenvalue weighted by Crippen LogP contribution is -2.45. The predicted molar refractivity (Wildman–Crippen MR) is 66.2 cm³/mol. The Hall–Kier alpha value is -0.730. The summed E-state index contributed by atoms with van der Waals surface area (Å²) in [6.45, 7) is 14.4. The van der Waals surface area contributed by atoms with Crippen LogP contribution in [0.5, 0.6) is 0 Å². The molecule has 0 bridgehead atoms. The fourth-order valence-corrected chi connectivity index (χ4v) is 1.29. The SMILES string of the molecule is CN1CCN=C1NCC(C)(C)C(C)(C)C. The summed E-state index contributed by atoms with van der Waals surface area (Å²) in [4.78, 5) is 6.61. The normalized spacial score (nSPS) is 18.0. The maximum Gasteiger partial charge on any atom is 0.193 e. The van der Waals surface area contributed by atoms with Crippen LogP contribution in [0.15, 0.2) is 4.99 Å². The summed E-state index contributed by atoms with van der Waals surface area (Å²) < 4.78 is 0. The second-order valence-corrected chi connectivity index (χ2v) is 6.11. The highest BCUT2D eigenvalue weighted by Crippen LogP contribution is 2.36. The molecule has 3 nitrogen and oxygen atoms in total. The van der Waals surface area contributed by atoms with Crippen LogP contribution in [0.2, 0.25) is 0 Å². The number of nitrogens with zero attached hydrogens (tertiary/aromatic N) is 2. The number of rotatable bonds is 2. The van der Waals surface area contributed by atoms with Crippen LogP contribution in [-0.2, 0) is 0 Å². The van der Waals surface area contributed by atoms with Crippen molar-refractivity contribution in [2.24, 2.45) is 15.8 Å². The maximum absolute atomic E-state index is 4.43. The molecule has 1 aliphatic rings. The summed E-state index contributed by atoms with van der Waals surface area (Å²) in [5, 5.41) is 3.45. The van der Waals surface area contributed by atoms with E-state index in [1.54, 1.807) is 0 Å². The number of hydrogen-bond acceptors (Lipinski definition) is 3. The van der Waals surface area contributed by atoms with Crippen LogP contribution >= 0.6 is 0 Å². The molecule has 0 atom stereocenters. The van der Waals surface area contributed by atoms with Gasteiger partial charge in [0.15, 0.2) is 5.96 Å². The molecule has 0 radical (unpaired) electrons. The molecule has 0 saturated heterocycles. The van der Waals surface area contributed by atoms with Crippen molar-refractivity contribution in [3.8, 4) is 0 Å². The number of guanidine groups is 1. The highest BCUT2D eigenvalue weighted by Gasteiger charge is 2.33. The van der Waals surface area contributed by atoms with E-state index in [2.05, 4.69) is 56.9 Å². The van der Waals surface area contributed by atoms with Crippen molar-refractivity contribution < 1.29 is 0 Å².